The van der Waals surface area contributed by atoms with Crippen molar-refractivity contribution in [1.82, 2.24) is 0 Å². The largest absolute Gasteiger partial charge is 0.419 e. The van der Waals surface area contributed by atoms with Crippen LogP contribution in [0.1, 0.15) is 22.8 Å². The van der Waals surface area contributed by atoms with Crippen molar-refractivity contribution in [2.75, 3.05) is 0 Å². The van der Waals surface area contributed by atoms with Gasteiger partial charge in [0.2, 0.25) is 0 Å². The Morgan fingerprint density at radius 3 is 2.31 bits per heavy atom. The number of carbonyl (C=O) groups is 1. The molecule has 1 aromatic rings. The van der Waals surface area contributed by atoms with Gasteiger partial charge in [-0.25, -0.2) is 4.39 Å². The Balaban J connectivity index is 3.15. The minimum atomic E-state index is -4.74. The van der Waals surface area contributed by atoms with E-state index in [0.717, 1.165) is 6.07 Å². The van der Waals surface area contributed by atoms with Crippen LogP contribution in [0.25, 0.3) is 0 Å². The molecule has 6 heteroatoms. The molecule has 0 spiro atoms. The van der Waals surface area contributed by atoms with Gasteiger partial charge in [-0.1, -0.05) is 22.0 Å². The van der Waals surface area contributed by atoms with Crippen LogP contribution in [0.15, 0.2) is 18.2 Å². The molecule has 16 heavy (non-hydrogen) atoms. The molecule has 0 fully saturated rings. The van der Waals surface area contributed by atoms with E-state index >= 15 is 0 Å². The first-order valence-corrected chi connectivity index (χ1v) is 5.20. The van der Waals surface area contributed by atoms with Gasteiger partial charge in [0.05, 0.1) is 10.4 Å². The van der Waals surface area contributed by atoms with Crippen molar-refractivity contribution in [1.29, 1.82) is 0 Å². The zero-order valence-electron chi connectivity index (χ0n) is 8.11. The second-order valence-electron chi connectivity index (χ2n) is 3.17. The van der Waals surface area contributed by atoms with Gasteiger partial charge in [-0.15, -0.1) is 0 Å². The molecule has 0 amide bonds. The summed E-state index contributed by atoms with van der Waals surface area (Å²) in [5.74, 6) is -1.90. The molecule has 1 unspecified atom stereocenters. The second kappa shape index (κ2) is 4.53. The topological polar surface area (TPSA) is 17.1 Å². The van der Waals surface area contributed by atoms with Crippen molar-refractivity contribution < 1.29 is 22.4 Å². The van der Waals surface area contributed by atoms with E-state index in [1.165, 1.54) is 6.92 Å². The minimum Gasteiger partial charge on any atom is -0.293 e. The summed E-state index contributed by atoms with van der Waals surface area (Å²) in [4.78, 5) is 10.8. The number of benzene rings is 1. The van der Waals surface area contributed by atoms with Gasteiger partial charge >= 0.3 is 6.18 Å². The van der Waals surface area contributed by atoms with Crippen LogP contribution >= 0.6 is 15.9 Å². The van der Waals surface area contributed by atoms with Crippen LogP contribution in [0.2, 0.25) is 0 Å². The molecule has 88 valence electrons. The third kappa shape index (κ3) is 2.81. The van der Waals surface area contributed by atoms with Crippen molar-refractivity contribution in [3.63, 3.8) is 0 Å². The van der Waals surface area contributed by atoms with E-state index in [4.69, 9.17) is 0 Å². The number of rotatable bonds is 2. The van der Waals surface area contributed by atoms with E-state index in [1.54, 1.807) is 0 Å². The lowest BCUT2D eigenvalue weighted by Crippen LogP contribution is -2.13. The van der Waals surface area contributed by atoms with Gasteiger partial charge in [0.1, 0.15) is 5.82 Å². The SMILES string of the molecule is CC(Br)C(=O)c1ccc(C(F)(F)F)c(F)c1. The normalized spacial score (nSPS) is 13.6. The monoisotopic (exact) mass is 298 g/mol. The summed E-state index contributed by atoms with van der Waals surface area (Å²) in [6, 6.07) is 2.13. The Bertz CT molecular complexity index is 412. The molecule has 0 heterocycles. The maximum absolute atomic E-state index is 13.1. The molecule has 0 aliphatic heterocycles. The van der Waals surface area contributed by atoms with Crippen molar-refractivity contribution in [2.24, 2.45) is 0 Å². The lowest BCUT2D eigenvalue weighted by Gasteiger charge is -2.09. The summed E-state index contributed by atoms with van der Waals surface area (Å²) in [7, 11) is 0. The van der Waals surface area contributed by atoms with Crippen LogP contribution in [0, 0.1) is 5.82 Å². The molecule has 1 rings (SSSR count). The molecule has 0 aliphatic rings. The van der Waals surface area contributed by atoms with Gasteiger partial charge in [0, 0.05) is 5.56 Å². The average molecular weight is 299 g/mol. The van der Waals surface area contributed by atoms with Crippen molar-refractivity contribution in [3.05, 3.63) is 35.1 Å². The lowest BCUT2D eigenvalue weighted by molar-refractivity contribution is -0.140. The molecule has 0 bridgehead atoms. The van der Waals surface area contributed by atoms with Gasteiger partial charge in [-0.2, -0.15) is 13.2 Å². The van der Waals surface area contributed by atoms with Crippen LogP contribution in [-0.2, 0) is 6.18 Å². The summed E-state index contributed by atoms with van der Waals surface area (Å²) in [6.45, 7) is 1.51. The van der Waals surface area contributed by atoms with Crippen molar-refractivity contribution in [2.45, 2.75) is 17.9 Å². The van der Waals surface area contributed by atoms with Gasteiger partial charge in [0.25, 0.3) is 0 Å². The molecular weight excluding hydrogens is 292 g/mol. The van der Waals surface area contributed by atoms with E-state index in [2.05, 4.69) is 15.9 Å². The highest BCUT2D eigenvalue weighted by Crippen LogP contribution is 2.31. The molecule has 0 aliphatic carbocycles. The van der Waals surface area contributed by atoms with Crippen LogP contribution in [0.5, 0.6) is 0 Å². The maximum atomic E-state index is 13.1. The Morgan fingerprint density at radius 2 is 1.94 bits per heavy atom. The van der Waals surface area contributed by atoms with Gasteiger partial charge in [0.15, 0.2) is 5.78 Å². The smallest absolute Gasteiger partial charge is 0.293 e. The highest BCUT2D eigenvalue weighted by atomic mass is 79.9. The van der Waals surface area contributed by atoms with Crippen molar-refractivity contribution >= 4 is 21.7 Å². The maximum Gasteiger partial charge on any atom is 0.419 e. The van der Waals surface area contributed by atoms with Gasteiger partial charge in [-0.05, 0) is 19.1 Å². The first-order chi connectivity index (χ1) is 7.23. The molecule has 0 saturated heterocycles. The first kappa shape index (κ1) is 13.2. The van der Waals surface area contributed by atoms with Crippen LogP contribution in [0.3, 0.4) is 0 Å². The average Bonchev–Trinajstić information content (AvgIpc) is 2.14. The number of hydrogen-bond donors (Lipinski definition) is 0. The van der Waals surface area contributed by atoms with E-state index < -0.39 is 28.2 Å². The Kier molecular flexibility index (Phi) is 3.72. The zero-order valence-corrected chi connectivity index (χ0v) is 9.69. The summed E-state index contributed by atoms with van der Waals surface area (Å²) in [5.41, 5.74) is -1.46. The predicted molar refractivity (Wildman–Crippen MR) is 54.1 cm³/mol. The van der Waals surface area contributed by atoms with E-state index in [-0.39, 0.29) is 5.56 Å². The Morgan fingerprint density at radius 1 is 1.38 bits per heavy atom. The fourth-order valence-electron chi connectivity index (χ4n) is 1.13. The van der Waals surface area contributed by atoms with Crippen LogP contribution in [0.4, 0.5) is 17.6 Å². The van der Waals surface area contributed by atoms with Crippen LogP contribution in [-0.4, -0.2) is 10.6 Å². The van der Waals surface area contributed by atoms with Gasteiger partial charge < -0.3 is 0 Å². The molecule has 0 radical (unpaired) electrons. The highest BCUT2D eigenvalue weighted by molar-refractivity contribution is 9.10. The number of ketones is 1. The third-order valence-electron chi connectivity index (χ3n) is 1.92. The quantitative estimate of drug-likeness (QED) is 0.461. The molecule has 1 atom stereocenters. The molecular formula is C10H7BrF4O. The van der Waals surface area contributed by atoms with Crippen LogP contribution < -0.4 is 0 Å². The number of hydrogen-bond acceptors (Lipinski definition) is 1. The number of Topliss-reactive ketones (excluding diaryl/α,β-unsaturated/α-hetero) is 1. The highest BCUT2D eigenvalue weighted by Gasteiger charge is 2.34. The molecule has 0 N–H and O–H groups in total. The molecule has 1 aromatic carbocycles. The number of alkyl halides is 4. The fraction of sp³-hybridized carbons (Fsp3) is 0.300. The number of halogens is 5. The predicted octanol–water partition coefficient (Wildman–Crippen LogP) is 3.81. The summed E-state index contributed by atoms with van der Waals surface area (Å²) in [5, 5.41) is 0. The van der Waals surface area contributed by atoms with E-state index in [1.807, 2.05) is 0 Å². The van der Waals surface area contributed by atoms with Gasteiger partial charge in [-0.3, -0.25) is 4.79 Å². The fourth-order valence-corrected chi connectivity index (χ4v) is 1.39. The number of carbonyl (C=O) groups excluding carboxylic acids is 1. The Hall–Kier alpha value is -0.910. The summed E-state index contributed by atoms with van der Waals surface area (Å²) < 4.78 is 49.7. The van der Waals surface area contributed by atoms with Crippen molar-refractivity contribution in [3.8, 4) is 0 Å². The van der Waals surface area contributed by atoms with E-state index in [9.17, 15) is 22.4 Å². The summed E-state index contributed by atoms with van der Waals surface area (Å²) in [6.07, 6.45) is -4.74. The standard InChI is InChI=1S/C10H7BrF4O/c1-5(11)9(16)6-2-3-7(8(12)4-6)10(13,14)15/h2-5H,1H3. The molecule has 0 aromatic heterocycles. The lowest BCUT2D eigenvalue weighted by atomic mass is 10.1. The summed E-state index contributed by atoms with van der Waals surface area (Å²) >= 11 is 2.96. The van der Waals surface area contributed by atoms with E-state index in [0.29, 0.717) is 12.1 Å². The zero-order chi connectivity index (χ0) is 12.5. The Labute approximate surface area is 97.6 Å². The molecule has 1 nitrogen and oxygen atoms in total. The second-order valence-corrected chi connectivity index (χ2v) is 4.55. The minimum absolute atomic E-state index is 0.0881. The molecule has 0 saturated carbocycles. The first-order valence-electron chi connectivity index (χ1n) is 4.28. The third-order valence-corrected chi connectivity index (χ3v) is 2.34.